The van der Waals surface area contributed by atoms with Crippen LogP contribution in [-0.4, -0.2) is 45.4 Å². The average Bonchev–Trinajstić information content (AvgIpc) is 3.11. The highest BCUT2D eigenvalue weighted by molar-refractivity contribution is 7.92. The van der Waals surface area contributed by atoms with Crippen molar-refractivity contribution < 1.29 is 27.5 Å². The van der Waals surface area contributed by atoms with E-state index in [1.165, 1.54) is 11.4 Å². The Morgan fingerprint density at radius 2 is 1.59 bits per heavy atom. The number of benzene rings is 2. The molecular formula is C25H28N2O6S. The number of aromatic nitrogens is 1. The summed E-state index contributed by atoms with van der Waals surface area (Å²) in [5.74, 6) is -0.391. The van der Waals surface area contributed by atoms with Gasteiger partial charge in [0.15, 0.2) is 6.61 Å². The van der Waals surface area contributed by atoms with Crippen molar-refractivity contribution in [2.75, 3.05) is 24.6 Å². The Kier molecular flexibility index (Phi) is 7.46. The third-order valence-electron chi connectivity index (χ3n) is 5.45. The van der Waals surface area contributed by atoms with Crippen LogP contribution in [0.4, 0.5) is 5.69 Å². The predicted octanol–water partition coefficient (Wildman–Crippen LogP) is 4.20. The van der Waals surface area contributed by atoms with Gasteiger partial charge in [-0.25, -0.2) is 13.2 Å². The quantitative estimate of drug-likeness (QED) is 0.360. The van der Waals surface area contributed by atoms with Gasteiger partial charge in [-0.15, -0.1) is 0 Å². The summed E-state index contributed by atoms with van der Waals surface area (Å²) in [6, 6.07) is 13.0. The number of hydrogen-bond donors (Lipinski definition) is 1. The third kappa shape index (κ3) is 5.14. The lowest BCUT2D eigenvalue weighted by Crippen LogP contribution is -2.26. The molecule has 1 heterocycles. The molecule has 0 bridgehead atoms. The minimum absolute atomic E-state index is 0.199. The molecule has 0 amide bonds. The van der Waals surface area contributed by atoms with Crippen molar-refractivity contribution in [1.82, 2.24) is 4.98 Å². The van der Waals surface area contributed by atoms with E-state index in [4.69, 9.17) is 9.47 Å². The number of nitrogens with zero attached hydrogens (tertiary/aromatic N) is 1. The highest BCUT2D eigenvalue weighted by Gasteiger charge is 2.24. The molecule has 34 heavy (non-hydrogen) atoms. The minimum Gasteiger partial charge on any atom is -0.485 e. The molecule has 0 aliphatic carbocycles. The van der Waals surface area contributed by atoms with Crippen LogP contribution in [0.1, 0.15) is 44.6 Å². The smallest absolute Gasteiger partial charge is 0.340 e. The number of esters is 1. The second-order valence-corrected chi connectivity index (χ2v) is 9.81. The summed E-state index contributed by atoms with van der Waals surface area (Å²) >= 11 is 0. The van der Waals surface area contributed by atoms with Crippen LogP contribution < -0.4 is 9.04 Å². The van der Waals surface area contributed by atoms with E-state index in [2.05, 4.69) is 4.98 Å². The van der Waals surface area contributed by atoms with Crippen molar-refractivity contribution in [2.45, 2.75) is 32.6 Å². The van der Waals surface area contributed by atoms with Crippen LogP contribution in [0.5, 0.6) is 5.75 Å². The van der Waals surface area contributed by atoms with Crippen molar-refractivity contribution in [2.24, 2.45) is 0 Å². The van der Waals surface area contributed by atoms with Gasteiger partial charge in [0.25, 0.3) is 10.0 Å². The number of ether oxygens (including phenoxy) is 2. The Balaban J connectivity index is 1.68. The molecule has 0 aliphatic heterocycles. The molecule has 0 fully saturated rings. The molecular weight excluding hydrogens is 456 g/mol. The van der Waals surface area contributed by atoms with Crippen molar-refractivity contribution in [1.29, 1.82) is 0 Å². The van der Waals surface area contributed by atoms with Crippen LogP contribution in [0.15, 0.2) is 53.4 Å². The summed E-state index contributed by atoms with van der Waals surface area (Å²) in [6.07, 6.45) is 0. The SMILES string of the molecule is CCOC(=O)c1c(C)[nH]c(C(=O)COc2ccc(N(C)S(=O)(=O)c3ccc(C)cc3)cc2)c1C. The molecule has 3 aromatic rings. The second-order valence-electron chi connectivity index (χ2n) is 7.84. The van der Waals surface area contributed by atoms with Crippen molar-refractivity contribution in [3.8, 4) is 5.75 Å². The minimum atomic E-state index is -3.70. The molecule has 0 spiro atoms. The number of aryl methyl sites for hydroxylation is 2. The van der Waals surface area contributed by atoms with Gasteiger partial charge in [0, 0.05) is 12.7 Å². The van der Waals surface area contributed by atoms with Gasteiger partial charge >= 0.3 is 5.97 Å². The number of Topliss-reactive ketones (excluding diaryl/α,β-unsaturated/α-hetero) is 1. The van der Waals surface area contributed by atoms with Crippen LogP contribution in [0.25, 0.3) is 0 Å². The van der Waals surface area contributed by atoms with E-state index >= 15 is 0 Å². The van der Waals surface area contributed by atoms with E-state index < -0.39 is 16.0 Å². The van der Waals surface area contributed by atoms with E-state index in [9.17, 15) is 18.0 Å². The van der Waals surface area contributed by atoms with Crippen molar-refractivity contribution in [3.05, 3.63) is 76.6 Å². The maximum Gasteiger partial charge on any atom is 0.340 e. The first-order chi connectivity index (χ1) is 16.1. The fourth-order valence-electron chi connectivity index (χ4n) is 3.52. The number of aromatic amines is 1. The highest BCUT2D eigenvalue weighted by Crippen LogP contribution is 2.25. The molecule has 0 radical (unpaired) electrons. The summed E-state index contributed by atoms with van der Waals surface area (Å²) in [5.41, 5.74) is 3.14. The molecule has 0 saturated heterocycles. The highest BCUT2D eigenvalue weighted by atomic mass is 32.2. The van der Waals surface area contributed by atoms with E-state index in [0.717, 1.165) is 5.56 Å². The Morgan fingerprint density at radius 1 is 0.971 bits per heavy atom. The molecule has 3 rings (SSSR count). The standard InChI is InChI=1S/C25H28N2O6S/c1-6-32-25(29)23-17(3)24(26-18(23)4)22(28)15-33-20-11-9-19(10-12-20)27(5)34(30,31)21-13-7-16(2)8-14-21/h7-14,26H,6,15H2,1-5H3. The first kappa shape index (κ1) is 25.0. The van der Waals surface area contributed by atoms with Crippen molar-refractivity contribution in [3.63, 3.8) is 0 Å². The molecule has 0 atom stereocenters. The Labute approximate surface area is 199 Å². The first-order valence-corrected chi connectivity index (χ1v) is 12.2. The monoisotopic (exact) mass is 484 g/mol. The summed E-state index contributed by atoms with van der Waals surface area (Å²) in [5, 5.41) is 0. The first-order valence-electron chi connectivity index (χ1n) is 10.7. The largest absolute Gasteiger partial charge is 0.485 e. The number of rotatable bonds is 9. The van der Waals surface area contributed by atoms with E-state index in [1.54, 1.807) is 69.3 Å². The summed E-state index contributed by atoms with van der Waals surface area (Å²) < 4.78 is 37.6. The molecule has 8 nitrogen and oxygen atoms in total. The van der Waals surface area contributed by atoms with Crippen LogP contribution in [-0.2, 0) is 14.8 Å². The zero-order valence-corrected chi connectivity index (χ0v) is 20.7. The van der Waals surface area contributed by atoms with Gasteiger partial charge in [0.2, 0.25) is 5.78 Å². The fraction of sp³-hybridized carbons (Fsp3) is 0.280. The van der Waals surface area contributed by atoms with Gasteiger partial charge < -0.3 is 14.5 Å². The van der Waals surface area contributed by atoms with Gasteiger partial charge in [-0.2, -0.15) is 0 Å². The lowest BCUT2D eigenvalue weighted by Gasteiger charge is -2.20. The summed E-state index contributed by atoms with van der Waals surface area (Å²) in [7, 11) is -2.23. The number of carbonyl (C=O) groups is 2. The van der Waals surface area contributed by atoms with Gasteiger partial charge in [-0.3, -0.25) is 9.10 Å². The number of H-pyrrole nitrogens is 1. The maximum atomic E-state index is 12.9. The van der Waals surface area contributed by atoms with E-state index in [-0.39, 0.29) is 23.9 Å². The van der Waals surface area contributed by atoms with Crippen LogP contribution >= 0.6 is 0 Å². The van der Waals surface area contributed by atoms with E-state index in [0.29, 0.717) is 34.0 Å². The fourth-order valence-corrected chi connectivity index (χ4v) is 4.71. The summed E-state index contributed by atoms with van der Waals surface area (Å²) in [4.78, 5) is 28.0. The maximum absolute atomic E-state index is 12.9. The number of sulfonamides is 1. The average molecular weight is 485 g/mol. The molecule has 1 N–H and O–H groups in total. The number of ketones is 1. The Hall–Kier alpha value is -3.59. The number of hydrogen-bond acceptors (Lipinski definition) is 6. The van der Waals surface area contributed by atoms with Crippen LogP contribution in [0.3, 0.4) is 0 Å². The lowest BCUT2D eigenvalue weighted by atomic mass is 10.1. The topological polar surface area (TPSA) is 106 Å². The molecule has 0 saturated carbocycles. The van der Waals surface area contributed by atoms with Gasteiger partial charge in [0.05, 0.1) is 28.4 Å². The molecule has 1 aromatic heterocycles. The molecule has 9 heteroatoms. The van der Waals surface area contributed by atoms with Crippen LogP contribution in [0, 0.1) is 20.8 Å². The molecule has 0 aliphatic rings. The second kappa shape index (κ2) is 10.1. The number of carbonyl (C=O) groups excluding carboxylic acids is 2. The molecule has 180 valence electrons. The Morgan fingerprint density at radius 3 is 2.18 bits per heavy atom. The van der Waals surface area contributed by atoms with Gasteiger partial charge in [-0.1, -0.05) is 17.7 Å². The third-order valence-corrected chi connectivity index (χ3v) is 7.25. The van der Waals surface area contributed by atoms with Crippen molar-refractivity contribution >= 4 is 27.5 Å². The van der Waals surface area contributed by atoms with Gasteiger partial charge in [-0.05, 0) is 69.7 Å². The zero-order chi connectivity index (χ0) is 25.0. The molecule has 0 unspecified atom stereocenters. The molecule has 2 aromatic carbocycles. The Bertz CT molecular complexity index is 1290. The normalized spacial score (nSPS) is 11.2. The number of anilines is 1. The lowest BCUT2D eigenvalue weighted by molar-refractivity contribution is 0.0525. The number of nitrogens with one attached hydrogen (secondary N) is 1. The van der Waals surface area contributed by atoms with Gasteiger partial charge in [0.1, 0.15) is 5.75 Å². The van der Waals surface area contributed by atoms with E-state index in [1.807, 2.05) is 6.92 Å². The van der Waals surface area contributed by atoms with Crippen LogP contribution in [0.2, 0.25) is 0 Å². The summed E-state index contributed by atoms with van der Waals surface area (Å²) in [6.45, 7) is 6.99. The zero-order valence-electron chi connectivity index (χ0n) is 19.8. The predicted molar refractivity (Wildman–Crippen MR) is 129 cm³/mol.